The van der Waals surface area contributed by atoms with E-state index in [2.05, 4.69) is 27.3 Å². The molecule has 0 saturated heterocycles. The molecule has 0 aliphatic carbocycles. The van der Waals surface area contributed by atoms with E-state index in [0.717, 1.165) is 10.7 Å². The monoisotopic (exact) mass is 859 g/mol. The second-order valence-corrected chi connectivity index (χ2v) is 8.91. The Morgan fingerprint density at radius 3 is 1.71 bits per heavy atom. The number of hydrogen-bond acceptors (Lipinski definition) is 4. The van der Waals surface area contributed by atoms with Crippen LogP contribution >= 0.6 is 113 Å². The maximum atomic E-state index is 12.9. The second-order valence-electron chi connectivity index (χ2n) is 3.51. The Hall–Kier alpha value is 1.67. The predicted octanol–water partition coefficient (Wildman–Crippen LogP) is 3.25. The van der Waals surface area contributed by atoms with Gasteiger partial charge in [-0.15, -0.1) is 0 Å². The van der Waals surface area contributed by atoms with Crippen LogP contribution in [0.25, 0.3) is 0 Å². The first kappa shape index (κ1) is 20.7. The fourth-order valence-corrected chi connectivity index (χ4v) is 6.27. The SMILES string of the molecule is O=C(OCC(F)(F)C(=O)[O-])c1c(I)c(I)c(I)c(I)c1I. The number of halogens is 7. The molecular weight excluding hydrogens is 857 g/mol. The second kappa shape index (κ2) is 8.17. The smallest absolute Gasteiger partial charge is 0.340 e. The molecule has 21 heavy (non-hydrogen) atoms. The van der Waals surface area contributed by atoms with Gasteiger partial charge in [-0.2, -0.15) is 8.78 Å². The summed E-state index contributed by atoms with van der Waals surface area (Å²) in [5.74, 6) is -7.78. The van der Waals surface area contributed by atoms with Gasteiger partial charge in [-0.05, 0) is 113 Å². The first-order valence-corrected chi connectivity index (χ1v) is 10.2. The van der Waals surface area contributed by atoms with Crippen LogP contribution in [0.5, 0.6) is 0 Å². The number of benzene rings is 1. The first-order valence-electron chi connectivity index (χ1n) is 4.78. The molecule has 0 saturated carbocycles. The highest BCUT2D eigenvalue weighted by Gasteiger charge is 2.34. The largest absolute Gasteiger partial charge is 0.544 e. The fraction of sp³-hybridized carbons (Fsp3) is 0.200. The van der Waals surface area contributed by atoms with Gasteiger partial charge in [0.1, 0.15) is 5.97 Å². The predicted molar refractivity (Wildman–Crippen MR) is 110 cm³/mol. The zero-order valence-electron chi connectivity index (χ0n) is 9.49. The van der Waals surface area contributed by atoms with Gasteiger partial charge in [-0.25, -0.2) is 4.79 Å². The highest BCUT2D eigenvalue weighted by Crippen LogP contribution is 2.34. The average Bonchev–Trinajstić information content (AvgIpc) is 2.41. The van der Waals surface area contributed by atoms with Gasteiger partial charge in [-0.1, -0.05) is 0 Å². The van der Waals surface area contributed by atoms with Crippen LogP contribution in [0.2, 0.25) is 0 Å². The molecule has 0 aliphatic heterocycles. The molecule has 11 heteroatoms. The van der Waals surface area contributed by atoms with E-state index in [9.17, 15) is 23.5 Å². The van der Waals surface area contributed by atoms with Gasteiger partial charge in [0.15, 0.2) is 6.61 Å². The Morgan fingerprint density at radius 1 is 0.952 bits per heavy atom. The number of alkyl halides is 2. The summed E-state index contributed by atoms with van der Waals surface area (Å²) < 4.78 is 33.9. The van der Waals surface area contributed by atoms with Gasteiger partial charge in [0.05, 0.1) is 5.56 Å². The number of carbonyl (C=O) groups is 2. The lowest BCUT2D eigenvalue weighted by Crippen LogP contribution is -2.45. The van der Waals surface area contributed by atoms with Crippen LogP contribution in [0.4, 0.5) is 8.78 Å². The van der Waals surface area contributed by atoms with Gasteiger partial charge < -0.3 is 14.6 Å². The third-order valence-electron chi connectivity index (χ3n) is 2.10. The van der Waals surface area contributed by atoms with Crippen LogP contribution in [-0.4, -0.2) is 24.5 Å². The van der Waals surface area contributed by atoms with Crippen molar-refractivity contribution in [3.05, 3.63) is 23.4 Å². The van der Waals surface area contributed by atoms with E-state index in [0.29, 0.717) is 7.14 Å². The number of esters is 1. The molecule has 1 aromatic carbocycles. The summed E-state index contributed by atoms with van der Waals surface area (Å²) in [6.07, 6.45) is 0. The highest BCUT2D eigenvalue weighted by atomic mass is 127. The lowest BCUT2D eigenvalue weighted by atomic mass is 10.2. The standard InChI is InChI=1S/C10H3F2I5O4/c11-10(12,9(19)20)1-21-8(18)2-3(13)5(15)7(17)6(16)4(2)14/h1H2,(H,19,20)/p-1. The molecule has 116 valence electrons. The number of hydrogen-bond donors (Lipinski definition) is 0. The Labute approximate surface area is 186 Å². The van der Waals surface area contributed by atoms with Crippen LogP contribution in [-0.2, 0) is 9.53 Å². The molecule has 0 unspecified atom stereocenters. The molecule has 0 aromatic heterocycles. The van der Waals surface area contributed by atoms with Crippen molar-refractivity contribution in [3.63, 3.8) is 0 Å². The van der Waals surface area contributed by atoms with E-state index in [4.69, 9.17) is 0 Å². The van der Waals surface area contributed by atoms with E-state index in [1.54, 1.807) is 0 Å². The molecule has 0 fully saturated rings. The minimum atomic E-state index is -4.21. The van der Waals surface area contributed by atoms with Crippen LogP contribution in [0.3, 0.4) is 0 Å². The zero-order chi connectivity index (χ0) is 16.5. The quantitative estimate of drug-likeness (QED) is 0.202. The van der Waals surface area contributed by atoms with Crippen molar-refractivity contribution in [1.82, 2.24) is 0 Å². The molecule has 0 atom stereocenters. The van der Waals surface area contributed by atoms with Gasteiger partial charge in [0.25, 0.3) is 0 Å². The van der Waals surface area contributed by atoms with E-state index >= 15 is 0 Å². The Bertz CT molecular complexity index is 591. The molecule has 0 bridgehead atoms. The minimum absolute atomic E-state index is 0.152. The maximum Gasteiger partial charge on any atom is 0.340 e. The van der Waals surface area contributed by atoms with E-state index in [1.807, 2.05) is 90.4 Å². The summed E-state index contributed by atoms with van der Waals surface area (Å²) in [6, 6.07) is 0. The van der Waals surface area contributed by atoms with Crippen molar-refractivity contribution in [2.75, 3.05) is 6.61 Å². The fourth-order valence-electron chi connectivity index (χ4n) is 1.07. The molecule has 0 radical (unpaired) electrons. The van der Waals surface area contributed by atoms with Crippen molar-refractivity contribution in [3.8, 4) is 0 Å². The lowest BCUT2D eigenvalue weighted by Gasteiger charge is -2.18. The summed E-state index contributed by atoms with van der Waals surface area (Å²) in [7, 11) is 0. The van der Waals surface area contributed by atoms with Crippen LogP contribution in [0, 0.1) is 17.9 Å². The van der Waals surface area contributed by atoms with Gasteiger partial charge in [-0.3, -0.25) is 0 Å². The molecule has 0 amide bonds. The molecule has 1 aromatic rings. The van der Waals surface area contributed by atoms with Crippen LogP contribution in [0.1, 0.15) is 10.4 Å². The van der Waals surface area contributed by atoms with E-state index in [1.165, 1.54) is 0 Å². The van der Waals surface area contributed by atoms with Crippen molar-refractivity contribution in [2.24, 2.45) is 0 Å². The zero-order valence-corrected chi connectivity index (χ0v) is 20.3. The topological polar surface area (TPSA) is 66.4 Å². The Morgan fingerprint density at radius 2 is 1.33 bits per heavy atom. The molecule has 0 heterocycles. The molecule has 1 rings (SSSR count). The van der Waals surface area contributed by atoms with Crippen LogP contribution < -0.4 is 5.11 Å². The van der Waals surface area contributed by atoms with Crippen molar-refractivity contribution < 1.29 is 28.2 Å². The minimum Gasteiger partial charge on any atom is -0.544 e. The number of carboxylic acid groups (broad SMARTS) is 1. The van der Waals surface area contributed by atoms with E-state index < -0.39 is 24.5 Å². The Kier molecular flexibility index (Phi) is 8.06. The maximum absolute atomic E-state index is 12.9. The number of carbonyl (C=O) groups excluding carboxylic acids is 2. The van der Waals surface area contributed by atoms with E-state index in [-0.39, 0.29) is 5.56 Å². The molecule has 0 aliphatic rings. The number of ether oxygens (including phenoxy) is 1. The molecular formula is C10H2F2I5O4-. The number of aliphatic carboxylic acids is 1. The molecule has 0 N–H and O–H groups in total. The molecule has 0 spiro atoms. The van der Waals surface area contributed by atoms with Gasteiger partial charge in [0.2, 0.25) is 0 Å². The highest BCUT2D eigenvalue weighted by molar-refractivity contribution is 14.1. The summed E-state index contributed by atoms with van der Waals surface area (Å²) in [5, 5.41) is 10.2. The van der Waals surface area contributed by atoms with Crippen LogP contribution in [0.15, 0.2) is 0 Å². The summed E-state index contributed by atoms with van der Waals surface area (Å²) in [6.45, 7) is -1.56. The number of carboxylic acids is 1. The summed E-state index contributed by atoms with van der Waals surface area (Å²) in [5.41, 5.74) is 0.152. The van der Waals surface area contributed by atoms with Crippen molar-refractivity contribution in [2.45, 2.75) is 5.92 Å². The average molecular weight is 859 g/mol. The normalized spacial score (nSPS) is 11.4. The number of rotatable bonds is 4. The Balaban J connectivity index is 3.13. The summed E-state index contributed by atoms with van der Waals surface area (Å²) in [4.78, 5) is 22.2. The van der Waals surface area contributed by atoms with Crippen molar-refractivity contribution >= 4 is 125 Å². The van der Waals surface area contributed by atoms with Gasteiger partial charge in [0, 0.05) is 17.9 Å². The van der Waals surface area contributed by atoms with Crippen molar-refractivity contribution in [1.29, 1.82) is 0 Å². The third-order valence-corrected chi connectivity index (χ3v) is 11.6. The lowest BCUT2D eigenvalue weighted by molar-refractivity contribution is -0.331. The summed E-state index contributed by atoms with van der Waals surface area (Å²) >= 11 is 10.1. The third kappa shape index (κ3) is 4.83. The first-order chi connectivity index (χ1) is 9.50. The van der Waals surface area contributed by atoms with Gasteiger partial charge >= 0.3 is 11.9 Å². The molecule has 4 nitrogen and oxygen atoms in total.